The highest BCUT2D eigenvalue weighted by molar-refractivity contribution is 5.17. The molecule has 0 aliphatic heterocycles. The summed E-state index contributed by atoms with van der Waals surface area (Å²) in [5.41, 5.74) is 1.15. The van der Waals surface area contributed by atoms with Crippen molar-refractivity contribution in [3.05, 3.63) is 23.7 Å². The maximum absolute atomic E-state index is 9.35. The molecule has 0 aliphatic rings. The normalized spacial score (nSPS) is 17.1. The van der Waals surface area contributed by atoms with E-state index in [1.807, 2.05) is 13.0 Å². The summed E-state index contributed by atoms with van der Waals surface area (Å²) >= 11 is 0. The molecular formula is C13H23NO2. The van der Waals surface area contributed by atoms with Crippen molar-refractivity contribution in [2.24, 2.45) is 5.92 Å². The quantitative estimate of drug-likeness (QED) is 0.782. The fourth-order valence-electron chi connectivity index (χ4n) is 1.91. The van der Waals surface area contributed by atoms with E-state index in [2.05, 4.69) is 26.1 Å². The highest BCUT2D eigenvalue weighted by Crippen LogP contribution is 2.20. The second-order valence-electron chi connectivity index (χ2n) is 4.53. The lowest BCUT2D eigenvalue weighted by atomic mass is 9.98. The Morgan fingerprint density at radius 3 is 2.56 bits per heavy atom. The smallest absolute Gasteiger partial charge is 0.123 e. The summed E-state index contributed by atoms with van der Waals surface area (Å²) in [7, 11) is 0. The van der Waals surface area contributed by atoms with Crippen LogP contribution >= 0.6 is 0 Å². The Morgan fingerprint density at radius 2 is 2.12 bits per heavy atom. The van der Waals surface area contributed by atoms with Gasteiger partial charge in [0.1, 0.15) is 5.76 Å². The van der Waals surface area contributed by atoms with Gasteiger partial charge in [-0.1, -0.05) is 20.3 Å². The highest BCUT2D eigenvalue weighted by Gasteiger charge is 2.20. The first kappa shape index (κ1) is 13.3. The molecule has 0 spiro atoms. The Kier molecular flexibility index (Phi) is 5.03. The van der Waals surface area contributed by atoms with Gasteiger partial charge >= 0.3 is 0 Å². The van der Waals surface area contributed by atoms with Crippen LogP contribution in [0.3, 0.4) is 0 Å². The van der Waals surface area contributed by atoms with Crippen LogP contribution < -0.4 is 5.32 Å². The average molecular weight is 225 g/mol. The van der Waals surface area contributed by atoms with E-state index in [1.165, 1.54) is 0 Å². The standard InChI is InChI=1S/C13H23NO2/c1-5-9(2)12(8-15)14-11(4)13-10(3)6-7-16-13/h6-7,9,11-12,14-15H,5,8H2,1-4H3. The zero-order chi connectivity index (χ0) is 12.1. The van der Waals surface area contributed by atoms with Crippen molar-refractivity contribution in [3.63, 3.8) is 0 Å². The van der Waals surface area contributed by atoms with E-state index in [4.69, 9.17) is 4.42 Å². The molecule has 0 bridgehead atoms. The summed E-state index contributed by atoms with van der Waals surface area (Å²) in [5, 5.41) is 12.8. The third-order valence-corrected chi connectivity index (χ3v) is 3.29. The molecule has 0 aliphatic carbocycles. The maximum Gasteiger partial charge on any atom is 0.123 e. The Balaban J connectivity index is 2.62. The van der Waals surface area contributed by atoms with Crippen molar-refractivity contribution in [2.45, 2.75) is 46.2 Å². The topological polar surface area (TPSA) is 45.4 Å². The van der Waals surface area contributed by atoms with E-state index < -0.39 is 0 Å². The molecule has 2 N–H and O–H groups in total. The molecule has 3 heteroatoms. The van der Waals surface area contributed by atoms with Crippen LogP contribution in [0, 0.1) is 12.8 Å². The van der Waals surface area contributed by atoms with Gasteiger partial charge in [-0.3, -0.25) is 0 Å². The third kappa shape index (κ3) is 3.09. The summed E-state index contributed by atoms with van der Waals surface area (Å²) in [6.07, 6.45) is 2.77. The summed E-state index contributed by atoms with van der Waals surface area (Å²) in [5.74, 6) is 1.42. The van der Waals surface area contributed by atoms with Gasteiger partial charge in [0.25, 0.3) is 0 Å². The van der Waals surface area contributed by atoms with Gasteiger partial charge in [-0.15, -0.1) is 0 Å². The van der Waals surface area contributed by atoms with E-state index in [-0.39, 0.29) is 18.7 Å². The number of aliphatic hydroxyl groups is 1. The van der Waals surface area contributed by atoms with Gasteiger partial charge in [0.05, 0.1) is 18.9 Å². The van der Waals surface area contributed by atoms with Crippen molar-refractivity contribution in [1.82, 2.24) is 5.32 Å². The lowest BCUT2D eigenvalue weighted by molar-refractivity contribution is 0.188. The van der Waals surface area contributed by atoms with Crippen LogP contribution in [0.1, 0.15) is 44.6 Å². The molecule has 0 radical (unpaired) electrons. The molecule has 1 rings (SSSR count). The predicted molar refractivity (Wildman–Crippen MR) is 65.3 cm³/mol. The van der Waals surface area contributed by atoms with Crippen molar-refractivity contribution < 1.29 is 9.52 Å². The first-order chi connectivity index (χ1) is 7.60. The van der Waals surface area contributed by atoms with Crippen LogP contribution in [-0.4, -0.2) is 17.8 Å². The minimum Gasteiger partial charge on any atom is -0.467 e. The Morgan fingerprint density at radius 1 is 1.44 bits per heavy atom. The van der Waals surface area contributed by atoms with Gasteiger partial charge in [-0.25, -0.2) is 0 Å². The van der Waals surface area contributed by atoms with Crippen molar-refractivity contribution in [2.75, 3.05) is 6.61 Å². The van der Waals surface area contributed by atoms with Gasteiger partial charge in [-0.2, -0.15) is 0 Å². The minimum atomic E-state index is 0.129. The highest BCUT2D eigenvalue weighted by atomic mass is 16.3. The molecule has 92 valence electrons. The molecule has 0 aromatic carbocycles. The van der Waals surface area contributed by atoms with Gasteiger partial charge in [-0.05, 0) is 31.4 Å². The van der Waals surface area contributed by atoms with E-state index in [9.17, 15) is 5.11 Å². The molecule has 3 atom stereocenters. The lowest BCUT2D eigenvalue weighted by Gasteiger charge is -2.25. The predicted octanol–water partition coefficient (Wildman–Crippen LogP) is 2.65. The molecule has 0 fully saturated rings. The molecular weight excluding hydrogens is 202 g/mol. The summed E-state index contributed by atoms with van der Waals surface area (Å²) in [6.45, 7) is 8.55. The number of hydrogen-bond acceptors (Lipinski definition) is 3. The van der Waals surface area contributed by atoms with Crippen molar-refractivity contribution in [1.29, 1.82) is 0 Å². The summed E-state index contributed by atoms with van der Waals surface area (Å²) in [4.78, 5) is 0. The fraction of sp³-hybridized carbons (Fsp3) is 0.692. The molecule has 0 saturated heterocycles. The van der Waals surface area contributed by atoms with Crippen LogP contribution in [0.2, 0.25) is 0 Å². The van der Waals surface area contributed by atoms with Crippen molar-refractivity contribution >= 4 is 0 Å². The minimum absolute atomic E-state index is 0.129. The molecule has 1 aromatic heterocycles. The number of furan rings is 1. The van der Waals surface area contributed by atoms with Gasteiger partial charge < -0.3 is 14.8 Å². The molecule has 3 unspecified atom stereocenters. The van der Waals surface area contributed by atoms with Crippen LogP contribution in [0.25, 0.3) is 0 Å². The van der Waals surface area contributed by atoms with Crippen molar-refractivity contribution in [3.8, 4) is 0 Å². The maximum atomic E-state index is 9.35. The zero-order valence-electron chi connectivity index (χ0n) is 10.7. The third-order valence-electron chi connectivity index (χ3n) is 3.29. The Labute approximate surface area is 97.9 Å². The van der Waals surface area contributed by atoms with E-state index in [0.29, 0.717) is 5.92 Å². The molecule has 16 heavy (non-hydrogen) atoms. The second kappa shape index (κ2) is 6.06. The van der Waals surface area contributed by atoms with Crippen LogP contribution in [-0.2, 0) is 0 Å². The largest absolute Gasteiger partial charge is 0.467 e. The molecule has 3 nitrogen and oxygen atoms in total. The second-order valence-corrected chi connectivity index (χ2v) is 4.53. The molecule has 1 heterocycles. The van der Waals surface area contributed by atoms with E-state index in [1.54, 1.807) is 6.26 Å². The summed E-state index contributed by atoms with van der Waals surface area (Å²) in [6, 6.07) is 2.23. The van der Waals surface area contributed by atoms with Crippen LogP contribution in [0.4, 0.5) is 0 Å². The number of aryl methyl sites for hydroxylation is 1. The lowest BCUT2D eigenvalue weighted by Crippen LogP contribution is -2.39. The van der Waals surface area contributed by atoms with Gasteiger partial charge in [0, 0.05) is 6.04 Å². The van der Waals surface area contributed by atoms with Gasteiger partial charge in [0.2, 0.25) is 0 Å². The number of rotatable bonds is 6. The zero-order valence-corrected chi connectivity index (χ0v) is 10.7. The van der Waals surface area contributed by atoms with Crippen LogP contribution in [0.15, 0.2) is 16.7 Å². The van der Waals surface area contributed by atoms with E-state index in [0.717, 1.165) is 17.7 Å². The van der Waals surface area contributed by atoms with Crippen LogP contribution in [0.5, 0.6) is 0 Å². The molecule has 0 saturated carbocycles. The fourth-order valence-corrected chi connectivity index (χ4v) is 1.91. The molecule has 1 aromatic rings. The number of hydrogen-bond donors (Lipinski definition) is 2. The Hall–Kier alpha value is -0.800. The number of nitrogens with one attached hydrogen (secondary N) is 1. The van der Waals surface area contributed by atoms with E-state index >= 15 is 0 Å². The number of aliphatic hydroxyl groups excluding tert-OH is 1. The Bertz CT molecular complexity index is 309. The monoisotopic (exact) mass is 225 g/mol. The summed E-state index contributed by atoms with van der Waals surface area (Å²) < 4.78 is 5.44. The first-order valence-corrected chi connectivity index (χ1v) is 6.01. The average Bonchev–Trinajstić information content (AvgIpc) is 2.71. The molecule has 0 amide bonds. The first-order valence-electron chi connectivity index (χ1n) is 6.01. The van der Waals surface area contributed by atoms with Gasteiger partial charge in [0.15, 0.2) is 0 Å². The SMILES string of the molecule is CCC(C)C(CO)NC(C)c1occc1C.